The third kappa shape index (κ3) is 9.07. The van der Waals surface area contributed by atoms with Crippen LogP contribution in [0.1, 0.15) is 41.7 Å². The van der Waals surface area contributed by atoms with Gasteiger partial charge in [0, 0.05) is 4.57 Å². The van der Waals surface area contributed by atoms with Crippen molar-refractivity contribution in [2.24, 2.45) is 10.7 Å². The fourth-order valence-corrected chi connectivity index (χ4v) is 5.11. The molecule has 0 fully saturated rings. The molecule has 1 aliphatic rings. The Morgan fingerprint density at radius 2 is 1.74 bits per heavy atom. The van der Waals surface area contributed by atoms with Crippen LogP contribution in [0.2, 0.25) is 0 Å². The minimum absolute atomic E-state index is 0.0453. The van der Waals surface area contributed by atoms with E-state index in [9.17, 15) is 30.9 Å². The van der Waals surface area contributed by atoms with Gasteiger partial charge in [0.15, 0.2) is 0 Å². The van der Waals surface area contributed by atoms with Gasteiger partial charge in [0.2, 0.25) is 0 Å². The summed E-state index contributed by atoms with van der Waals surface area (Å²) in [6.45, 7) is 1.43. The maximum Gasteiger partial charge on any atom is 0.694 e. The number of rotatable bonds is 12. The molecule has 0 spiro atoms. The van der Waals surface area contributed by atoms with Crippen molar-refractivity contribution in [2.45, 2.75) is 42.9 Å². The van der Waals surface area contributed by atoms with E-state index >= 15 is 0 Å². The van der Waals surface area contributed by atoms with E-state index in [1.54, 1.807) is 6.92 Å². The van der Waals surface area contributed by atoms with Crippen LogP contribution >= 0.6 is 20.0 Å². The third-order valence-corrected chi connectivity index (χ3v) is 7.40. The predicted molar refractivity (Wildman–Crippen MR) is 134 cm³/mol. The van der Waals surface area contributed by atoms with Crippen molar-refractivity contribution < 1.29 is 49.8 Å². The molecule has 2 unspecified atom stereocenters. The lowest BCUT2D eigenvalue weighted by Gasteiger charge is -2.22. The Morgan fingerprint density at radius 1 is 1.05 bits per heavy atom. The summed E-state index contributed by atoms with van der Waals surface area (Å²) in [5, 5.41) is -0.0560. The van der Waals surface area contributed by atoms with Crippen LogP contribution in [0.15, 0.2) is 47.5 Å². The van der Waals surface area contributed by atoms with E-state index in [0.29, 0.717) is 23.4 Å². The van der Waals surface area contributed by atoms with Gasteiger partial charge in [0.25, 0.3) is 0 Å². The van der Waals surface area contributed by atoms with Gasteiger partial charge in [-0.1, -0.05) is 23.9 Å². The van der Waals surface area contributed by atoms with Gasteiger partial charge in [-0.05, 0) is 55.7 Å². The number of alkyl halides is 6. The van der Waals surface area contributed by atoms with Crippen molar-refractivity contribution in [3.8, 4) is 11.5 Å². The van der Waals surface area contributed by atoms with Crippen LogP contribution in [0.5, 0.6) is 11.5 Å². The minimum Gasteiger partial charge on any atom is -0.494 e. The summed E-state index contributed by atoms with van der Waals surface area (Å²) in [5.41, 5.74) is 3.49. The molecule has 1 aliphatic heterocycles. The smallest absolute Gasteiger partial charge is 0.494 e. The Kier molecular flexibility index (Phi) is 10.3. The first-order valence-electron chi connectivity index (χ1n) is 11.6. The molecule has 3 rings (SSSR count). The van der Waals surface area contributed by atoms with Crippen molar-refractivity contribution in [3.05, 3.63) is 59.2 Å². The summed E-state index contributed by atoms with van der Waals surface area (Å²) in [4.78, 5) is 13.1. The highest BCUT2D eigenvalue weighted by Crippen LogP contribution is 2.43. The van der Waals surface area contributed by atoms with Gasteiger partial charge >= 0.3 is 20.6 Å². The summed E-state index contributed by atoms with van der Waals surface area (Å²) in [7, 11) is -2.86. The van der Waals surface area contributed by atoms with Gasteiger partial charge in [0.1, 0.15) is 18.1 Å². The number of hydrogen-bond acceptors (Lipinski definition) is 7. The van der Waals surface area contributed by atoms with Gasteiger partial charge in [-0.3, -0.25) is 4.99 Å². The van der Waals surface area contributed by atoms with Crippen molar-refractivity contribution in [1.29, 1.82) is 0 Å². The number of benzene rings is 2. The largest absolute Gasteiger partial charge is 0.694 e. The van der Waals surface area contributed by atoms with Crippen LogP contribution in [0.25, 0.3) is 0 Å². The number of halogens is 6. The van der Waals surface area contributed by atoms with Crippen LogP contribution in [0, 0.1) is 0 Å². The summed E-state index contributed by atoms with van der Waals surface area (Å²) < 4.78 is 106. The van der Waals surface area contributed by atoms with E-state index < -0.39 is 42.5 Å². The zero-order valence-electron chi connectivity index (χ0n) is 20.6. The van der Waals surface area contributed by atoms with Crippen LogP contribution in [-0.4, -0.2) is 41.8 Å². The lowest BCUT2D eigenvalue weighted by Crippen LogP contribution is -2.46. The van der Waals surface area contributed by atoms with Gasteiger partial charge in [-0.25, -0.2) is 0 Å². The van der Waals surface area contributed by atoms with Crippen molar-refractivity contribution in [2.75, 3.05) is 26.4 Å². The Labute approximate surface area is 225 Å². The molecule has 7 nitrogen and oxygen atoms in total. The van der Waals surface area contributed by atoms with Crippen molar-refractivity contribution in [3.63, 3.8) is 0 Å². The zero-order valence-corrected chi connectivity index (χ0v) is 22.3. The maximum atomic E-state index is 13.8. The Morgan fingerprint density at radius 3 is 2.38 bits per heavy atom. The van der Waals surface area contributed by atoms with Crippen molar-refractivity contribution >= 4 is 25.1 Å². The maximum absolute atomic E-state index is 13.8. The molecule has 0 saturated heterocycles. The zero-order chi connectivity index (χ0) is 28.8. The van der Waals surface area contributed by atoms with E-state index in [-0.39, 0.29) is 37.9 Å². The molecule has 15 heteroatoms. The number of unbranched alkanes of at least 4 members (excludes halogenated alkanes) is 1. The fourth-order valence-electron chi connectivity index (χ4n) is 3.55. The molecular weight excluding hydrogens is 573 g/mol. The lowest BCUT2D eigenvalue weighted by atomic mass is 10.1. The first kappa shape index (κ1) is 31.2. The van der Waals surface area contributed by atoms with Gasteiger partial charge in [0.05, 0.1) is 46.7 Å². The third-order valence-electron chi connectivity index (χ3n) is 5.53. The number of aliphatic imine (C=N–C) groups is 1. The van der Waals surface area contributed by atoms with Gasteiger partial charge < -0.3 is 15.2 Å². The monoisotopic (exact) mass is 599 g/mol. The van der Waals surface area contributed by atoms with E-state index in [0.717, 1.165) is 30.0 Å². The molecule has 0 bridgehead atoms. The molecular formula is C24H26F6N2O5PS+. The standard InChI is InChI=1S/C24H25F6N2O5PS/c1-22(31,14-37-38(33)34)21-32-13-20(39-21)15-7-8-19(18(11-15)24(28,29)30)36-10-3-2-9-35-17-6-4-5-16(12-17)23(25,26)27/h4-8,11-12,20H,2-3,9-10,13-14,31H2,1H3/p+1/t20?,22-/m0/s1. The first-order valence-corrected chi connectivity index (χ1v) is 13.6. The summed E-state index contributed by atoms with van der Waals surface area (Å²) >= 11 is 1.16. The first-order chi connectivity index (χ1) is 18.2. The van der Waals surface area contributed by atoms with E-state index in [2.05, 4.69) is 9.52 Å². The minimum atomic E-state index is -4.69. The Hall–Kier alpha value is -2.38. The van der Waals surface area contributed by atoms with Crippen molar-refractivity contribution in [1.82, 2.24) is 0 Å². The fraction of sp³-hybridized carbons (Fsp3) is 0.458. The number of hydrogen-bond donors (Lipinski definition) is 2. The Balaban J connectivity index is 1.54. The molecule has 0 saturated carbocycles. The summed E-state index contributed by atoms with van der Waals surface area (Å²) in [6.07, 6.45) is -8.52. The van der Waals surface area contributed by atoms with Crippen LogP contribution in [0.4, 0.5) is 26.3 Å². The number of ether oxygens (including phenoxy) is 2. The van der Waals surface area contributed by atoms with Crippen LogP contribution in [0.3, 0.4) is 0 Å². The molecule has 3 N–H and O–H groups in total. The highest BCUT2D eigenvalue weighted by molar-refractivity contribution is 8.14. The van der Waals surface area contributed by atoms with E-state index in [1.807, 2.05) is 0 Å². The highest BCUT2D eigenvalue weighted by Gasteiger charge is 2.38. The quantitative estimate of drug-likeness (QED) is 0.162. The van der Waals surface area contributed by atoms with Crippen LogP contribution in [-0.2, 0) is 21.4 Å². The number of nitrogens with zero attached hydrogens (tertiary/aromatic N) is 1. The highest BCUT2D eigenvalue weighted by atomic mass is 32.2. The number of thioether (sulfide) groups is 1. The average Bonchev–Trinajstić information content (AvgIpc) is 3.35. The molecule has 3 atom stereocenters. The van der Waals surface area contributed by atoms with Gasteiger partial charge in [-0.2, -0.15) is 26.3 Å². The lowest BCUT2D eigenvalue weighted by molar-refractivity contribution is -0.139. The normalized spacial score (nSPS) is 17.9. The molecule has 214 valence electrons. The van der Waals surface area contributed by atoms with E-state index in [4.69, 9.17) is 20.1 Å². The average molecular weight is 600 g/mol. The molecule has 39 heavy (non-hydrogen) atoms. The molecule has 0 aliphatic carbocycles. The molecule has 0 aromatic heterocycles. The SMILES string of the molecule is C[C@](N)(CO[P+](=O)O)C1=NCC(c2ccc(OCCCCOc3cccc(C(F)(F)F)c3)c(C(F)(F)F)c2)S1. The van der Waals surface area contributed by atoms with E-state index in [1.165, 1.54) is 24.3 Å². The second-order valence-corrected chi connectivity index (χ2v) is 10.8. The molecule has 2 aromatic carbocycles. The summed E-state index contributed by atoms with van der Waals surface area (Å²) in [6, 6.07) is 8.16. The molecule has 0 radical (unpaired) electrons. The van der Waals surface area contributed by atoms with Gasteiger partial charge in [-0.15, -0.1) is 9.42 Å². The topological polar surface area (TPSA) is 103 Å². The molecule has 1 heterocycles. The Bertz CT molecular complexity index is 1190. The number of nitrogens with two attached hydrogens (primary N) is 1. The molecule has 2 aromatic rings. The molecule has 0 amide bonds. The predicted octanol–water partition coefficient (Wildman–Crippen LogP) is 6.53. The second kappa shape index (κ2) is 12.9. The van der Waals surface area contributed by atoms with Crippen LogP contribution < -0.4 is 15.2 Å². The summed E-state index contributed by atoms with van der Waals surface area (Å²) in [5.74, 6) is -0.304. The second-order valence-electron chi connectivity index (χ2n) is 8.86.